The predicted molar refractivity (Wildman–Crippen MR) is 273 cm³/mol. The second kappa shape index (κ2) is 21.0. The lowest BCUT2D eigenvalue weighted by molar-refractivity contribution is 0.371. The average molecular weight is 927 g/mol. The Hall–Kier alpha value is -6.89. The summed E-state index contributed by atoms with van der Waals surface area (Å²) < 4.78 is 40.4. The molecule has 0 N–H and O–H groups in total. The molecule has 0 fully saturated rings. The first kappa shape index (κ1) is 47.1. The first-order chi connectivity index (χ1) is 31.7. The molecule has 0 aliphatic rings. The monoisotopic (exact) mass is 926 g/mol. The highest BCUT2D eigenvalue weighted by Crippen LogP contribution is 2.33. The molecule has 0 saturated heterocycles. The van der Waals surface area contributed by atoms with Gasteiger partial charge in [-0.25, -0.2) is 18.4 Å². The summed E-state index contributed by atoms with van der Waals surface area (Å²) in [6.45, 7) is 10.1. The van der Waals surface area contributed by atoms with E-state index in [0.717, 1.165) is 55.6 Å². The maximum absolute atomic E-state index is 12.0. The Bertz CT molecular complexity index is 3350. The number of benzene rings is 6. The molecule has 8 aromatic rings. The van der Waals surface area contributed by atoms with E-state index in [1.165, 1.54) is 22.9 Å². The summed E-state index contributed by atoms with van der Waals surface area (Å²) in [6.07, 6.45) is 11.9. The van der Waals surface area contributed by atoms with Crippen LogP contribution >= 0.6 is 24.4 Å². The fourth-order valence-corrected chi connectivity index (χ4v) is 8.77. The Morgan fingerprint density at radius 1 is 0.576 bits per heavy atom. The van der Waals surface area contributed by atoms with Crippen LogP contribution in [0, 0.1) is 34.2 Å². The van der Waals surface area contributed by atoms with Gasteiger partial charge >= 0.3 is 0 Å². The number of nitrogens with zero attached hydrogens (tertiary/aromatic N) is 4. The van der Waals surface area contributed by atoms with Crippen LogP contribution in [0.25, 0.3) is 44.3 Å². The van der Waals surface area contributed by atoms with E-state index in [-0.39, 0.29) is 18.1 Å². The van der Waals surface area contributed by atoms with Gasteiger partial charge in [0.1, 0.15) is 24.7 Å². The van der Waals surface area contributed by atoms with E-state index in [2.05, 4.69) is 105 Å². The molecular formula is C55H50N4O4S3. The quantitative estimate of drug-likeness (QED) is 0.0835. The summed E-state index contributed by atoms with van der Waals surface area (Å²) in [5, 5.41) is 1.85. The molecule has 66 heavy (non-hydrogen) atoms. The Kier molecular flexibility index (Phi) is 14.9. The molecular weight excluding hydrogens is 877 g/mol. The molecule has 332 valence electrons. The van der Waals surface area contributed by atoms with Gasteiger partial charge < -0.3 is 18.6 Å². The number of terminal acetylenes is 2. The van der Waals surface area contributed by atoms with Crippen LogP contribution < -0.4 is 9.47 Å². The standard InChI is InChI=1S/C28H26N2O3S2.C27H24N2OS/c1-5-15-33-23-13-14-26-25(17-23)27(22-11-9-21(10-12-22)19(2)3)29-28(34)30(26)18-20-7-6-8-24(16-20)35(4,31)32;1-4-16-30-23-14-15-25-24(17-23)26(22-12-10-21(11-13-22)19(2)3)28-27(31)29(25)18-20-8-6-5-7-9-20/h1,6-14,16-17,19H,15,18H2,2-4H3;1,5-15,17,19H,16,18H2,2-3H3. The molecule has 0 amide bonds. The van der Waals surface area contributed by atoms with Crippen molar-refractivity contribution in [3.63, 3.8) is 0 Å². The molecule has 0 atom stereocenters. The van der Waals surface area contributed by atoms with Crippen molar-refractivity contribution in [1.29, 1.82) is 0 Å². The highest BCUT2D eigenvalue weighted by Gasteiger charge is 2.16. The Balaban J connectivity index is 0.000000198. The van der Waals surface area contributed by atoms with Crippen molar-refractivity contribution in [2.45, 2.75) is 57.5 Å². The van der Waals surface area contributed by atoms with Crippen LogP contribution in [0.5, 0.6) is 11.5 Å². The van der Waals surface area contributed by atoms with Crippen LogP contribution in [0.1, 0.15) is 61.8 Å². The van der Waals surface area contributed by atoms with E-state index in [1.807, 2.05) is 65.2 Å². The lowest BCUT2D eigenvalue weighted by atomic mass is 9.99. The molecule has 11 heteroatoms. The number of hydrogen-bond acceptors (Lipinski definition) is 8. The van der Waals surface area contributed by atoms with Crippen molar-refractivity contribution in [3.05, 3.63) is 171 Å². The van der Waals surface area contributed by atoms with Gasteiger partial charge in [-0.1, -0.05) is 131 Å². The average Bonchev–Trinajstić information content (AvgIpc) is 3.32. The fraction of sp³-hybridized carbons (Fsp3) is 0.200. The minimum Gasteiger partial charge on any atom is -0.481 e. The fourth-order valence-electron chi connectivity index (χ4n) is 7.57. The van der Waals surface area contributed by atoms with Gasteiger partial charge in [-0.15, -0.1) is 12.8 Å². The van der Waals surface area contributed by atoms with E-state index in [4.69, 9.17) is 56.7 Å². The zero-order valence-corrected chi connectivity index (χ0v) is 40.0. The van der Waals surface area contributed by atoms with Crippen molar-refractivity contribution < 1.29 is 17.9 Å². The predicted octanol–water partition coefficient (Wildman–Crippen LogP) is 12.6. The third-order valence-electron chi connectivity index (χ3n) is 11.1. The SMILES string of the molecule is C#CCOc1ccc2c(c1)c(-c1ccc(C(C)C)cc1)nc(=S)n2Cc1cccc(S(C)(=O)=O)c1.C#CCOc1ccc2c(c1)c(-c1ccc(C(C)C)cc1)nc(=S)n2Cc1ccccc1. The molecule has 0 unspecified atom stereocenters. The summed E-state index contributed by atoms with van der Waals surface area (Å²) >= 11 is 11.4. The van der Waals surface area contributed by atoms with Crippen LogP contribution in [0.4, 0.5) is 0 Å². The van der Waals surface area contributed by atoms with Gasteiger partial charge in [0, 0.05) is 28.2 Å². The largest absolute Gasteiger partial charge is 0.481 e. The Morgan fingerprint density at radius 3 is 1.44 bits per heavy atom. The summed E-state index contributed by atoms with van der Waals surface area (Å²) in [5.41, 5.74) is 9.99. The first-order valence-electron chi connectivity index (χ1n) is 21.5. The number of ether oxygens (including phenoxy) is 2. The molecule has 0 bridgehead atoms. The van der Waals surface area contributed by atoms with Crippen molar-refractivity contribution >= 4 is 56.1 Å². The Morgan fingerprint density at radius 2 is 1.02 bits per heavy atom. The smallest absolute Gasteiger partial charge is 0.200 e. The van der Waals surface area contributed by atoms with Crippen LogP contribution in [-0.2, 0) is 22.9 Å². The molecule has 6 aromatic carbocycles. The van der Waals surface area contributed by atoms with Crippen molar-refractivity contribution in [2.75, 3.05) is 19.5 Å². The lowest BCUT2D eigenvalue weighted by Gasteiger charge is -2.16. The van der Waals surface area contributed by atoms with Gasteiger partial charge in [0.05, 0.1) is 40.4 Å². The number of fused-ring (bicyclic) bond motifs is 2. The summed E-state index contributed by atoms with van der Waals surface area (Å²) in [4.78, 5) is 9.91. The summed E-state index contributed by atoms with van der Waals surface area (Å²) in [6, 6.07) is 45.7. The molecule has 0 aliphatic carbocycles. The number of aromatic nitrogens is 4. The van der Waals surface area contributed by atoms with E-state index in [0.29, 0.717) is 40.2 Å². The van der Waals surface area contributed by atoms with Gasteiger partial charge in [-0.2, -0.15) is 0 Å². The normalized spacial score (nSPS) is 11.2. The molecule has 0 aliphatic heterocycles. The summed E-state index contributed by atoms with van der Waals surface area (Å²) in [5.74, 6) is 7.26. The van der Waals surface area contributed by atoms with E-state index in [9.17, 15) is 8.42 Å². The molecule has 8 nitrogen and oxygen atoms in total. The zero-order chi connectivity index (χ0) is 47.0. The second-order valence-electron chi connectivity index (χ2n) is 16.5. The van der Waals surface area contributed by atoms with E-state index in [1.54, 1.807) is 18.2 Å². The van der Waals surface area contributed by atoms with Gasteiger partial charge in [0.25, 0.3) is 0 Å². The van der Waals surface area contributed by atoms with E-state index >= 15 is 0 Å². The highest BCUT2D eigenvalue weighted by molar-refractivity contribution is 7.90. The molecule has 2 aromatic heterocycles. The number of hydrogen-bond donors (Lipinski definition) is 0. The second-order valence-corrected chi connectivity index (χ2v) is 19.2. The van der Waals surface area contributed by atoms with Crippen molar-refractivity contribution in [1.82, 2.24) is 19.1 Å². The third kappa shape index (κ3) is 11.1. The van der Waals surface area contributed by atoms with Gasteiger partial charge in [0.2, 0.25) is 9.54 Å². The molecule has 0 radical (unpaired) electrons. The van der Waals surface area contributed by atoms with Crippen LogP contribution in [-0.4, -0.2) is 47.0 Å². The van der Waals surface area contributed by atoms with Gasteiger partial charge in [0.15, 0.2) is 9.84 Å². The van der Waals surface area contributed by atoms with Gasteiger partial charge in [-0.05, 0) is 107 Å². The lowest BCUT2D eigenvalue weighted by Crippen LogP contribution is -2.08. The molecule has 8 rings (SSSR count). The van der Waals surface area contributed by atoms with Gasteiger partial charge in [-0.3, -0.25) is 0 Å². The Labute approximate surface area is 397 Å². The van der Waals surface area contributed by atoms with Crippen molar-refractivity contribution in [2.24, 2.45) is 0 Å². The topological polar surface area (TPSA) is 88.2 Å². The molecule has 0 saturated carbocycles. The minimum absolute atomic E-state index is 0.161. The third-order valence-corrected chi connectivity index (χ3v) is 12.8. The minimum atomic E-state index is -3.32. The van der Waals surface area contributed by atoms with Crippen molar-refractivity contribution in [3.8, 4) is 58.7 Å². The summed E-state index contributed by atoms with van der Waals surface area (Å²) in [7, 11) is -3.32. The van der Waals surface area contributed by atoms with Crippen LogP contribution in [0.3, 0.4) is 0 Å². The zero-order valence-electron chi connectivity index (χ0n) is 37.6. The molecule has 0 spiro atoms. The number of sulfone groups is 1. The highest BCUT2D eigenvalue weighted by atomic mass is 32.2. The maximum Gasteiger partial charge on any atom is 0.200 e. The van der Waals surface area contributed by atoms with Crippen LogP contribution in [0.15, 0.2) is 144 Å². The number of rotatable bonds is 13. The molecule has 2 heterocycles. The first-order valence-corrected chi connectivity index (χ1v) is 24.2. The maximum atomic E-state index is 12.0. The van der Waals surface area contributed by atoms with Crippen LogP contribution in [0.2, 0.25) is 0 Å². The van der Waals surface area contributed by atoms with E-state index < -0.39 is 9.84 Å².